The molecule has 0 saturated carbocycles. The van der Waals surface area contributed by atoms with Gasteiger partial charge in [-0.2, -0.15) is 4.98 Å². The number of para-hydroxylation sites is 1. The van der Waals surface area contributed by atoms with Crippen molar-refractivity contribution in [1.82, 2.24) is 19.9 Å². The van der Waals surface area contributed by atoms with E-state index >= 15 is 0 Å². The maximum atomic E-state index is 13.0. The second-order valence-electron chi connectivity index (χ2n) is 11.8. The third-order valence-electron chi connectivity index (χ3n) is 7.63. The number of ether oxygens (including phenoxy) is 1. The first-order chi connectivity index (χ1) is 21.4. The van der Waals surface area contributed by atoms with Crippen molar-refractivity contribution in [2.75, 3.05) is 48.8 Å². The lowest BCUT2D eigenvalue weighted by molar-refractivity contribution is 0.244. The normalized spacial score (nSPS) is 14.2. The molecule has 5 rings (SSSR count). The number of nitrogens with zero attached hydrogens (tertiary/aromatic N) is 5. The molecule has 1 saturated heterocycles. The molecule has 0 radical (unpaired) electrons. The van der Waals surface area contributed by atoms with Crippen LogP contribution in [0.3, 0.4) is 0 Å². The van der Waals surface area contributed by atoms with E-state index in [0.717, 1.165) is 48.7 Å². The Bertz CT molecular complexity index is 1760. The van der Waals surface area contributed by atoms with Gasteiger partial charge in [0.05, 0.1) is 33.8 Å². The van der Waals surface area contributed by atoms with E-state index < -0.39 is 15.1 Å². The summed E-state index contributed by atoms with van der Waals surface area (Å²) in [5.74, 6) is 2.15. The zero-order chi connectivity index (χ0) is 32.3. The molecule has 3 heterocycles. The summed E-state index contributed by atoms with van der Waals surface area (Å²) in [5, 5.41) is 6.04. The number of piperazine rings is 1. The minimum atomic E-state index is -3.55. The van der Waals surface area contributed by atoms with Crippen molar-refractivity contribution >= 4 is 50.4 Å². The lowest BCUT2D eigenvalue weighted by Crippen LogP contribution is -2.44. The molecule has 2 aromatic carbocycles. The van der Waals surface area contributed by atoms with E-state index in [2.05, 4.69) is 49.6 Å². The van der Waals surface area contributed by atoms with Crippen molar-refractivity contribution in [2.24, 2.45) is 0 Å². The van der Waals surface area contributed by atoms with Crippen LogP contribution in [-0.4, -0.2) is 72.9 Å². The van der Waals surface area contributed by atoms with E-state index in [-0.39, 0.29) is 27.8 Å². The van der Waals surface area contributed by atoms with Crippen LogP contribution in [0.1, 0.15) is 33.3 Å². The predicted octanol–water partition coefficient (Wildman–Crippen LogP) is 6.71. The molecule has 1 aliphatic heterocycles. The third-order valence-corrected chi connectivity index (χ3v) is 10.1. The van der Waals surface area contributed by atoms with E-state index in [4.69, 9.17) is 21.3 Å². The molecule has 0 amide bonds. The Morgan fingerprint density at radius 3 is 2.31 bits per heavy atom. The Kier molecular flexibility index (Phi) is 9.81. The molecule has 0 atom stereocenters. The number of sulfone groups is 1. The fourth-order valence-corrected chi connectivity index (χ4v) is 6.39. The second kappa shape index (κ2) is 13.6. The van der Waals surface area contributed by atoms with Crippen LogP contribution in [0, 0.1) is 6.92 Å². The zero-order valence-corrected chi connectivity index (χ0v) is 28.1. The summed E-state index contributed by atoms with van der Waals surface area (Å²) >= 11 is 6.46. The fraction of sp³-hybridized carbons (Fsp3) is 0.364. The van der Waals surface area contributed by atoms with Gasteiger partial charge in [0.1, 0.15) is 16.6 Å². The summed E-state index contributed by atoms with van der Waals surface area (Å²) in [6, 6.07) is 14.9. The number of pyridine rings is 1. The van der Waals surface area contributed by atoms with Crippen LogP contribution in [0.15, 0.2) is 65.8 Å². The van der Waals surface area contributed by atoms with Crippen molar-refractivity contribution in [2.45, 2.75) is 50.9 Å². The maximum absolute atomic E-state index is 13.0. The van der Waals surface area contributed by atoms with Crippen LogP contribution >= 0.6 is 11.6 Å². The van der Waals surface area contributed by atoms with Gasteiger partial charge in [-0.1, -0.05) is 23.7 Å². The molecule has 0 aliphatic carbocycles. The molecular formula is C33H40ClN7O3S. The number of aryl methyl sites for hydroxylation is 1. The van der Waals surface area contributed by atoms with Gasteiger partial charge in [-0.3, -0.25) is 0 Å². The highest BCUT2D eigenvalue weighted by atomic mass is 35.5. The first-order valence-corrected chi connectivity index (χ1v) is 17.0. The highest BCUT2D eigenvalue weighted by Gasteiger charge is 2.23. The van der Waals surface area contributed by atoms with Crippen molar-refractivity contribution in [3.05, 3.63) is 71.5 Å². The number of hydrogen-bond donors (Lipinski definition) is 2. The molecule has 2 N–H and O–H groups in total. The molecule has 0 bridgehead atoms. The molecule has 1 aliphatic rings. The molecule has 1 fully saturated rings. The number of hydrogen-bond acceptors (Lipinski definition) is 10. The van der Waals surface area contributed by atoms with Gasteiger partial charge in [-0.25, -0.2) is 18.4 Å². The van der Waals surface area contributed by atoms with E-state index in [0.29, 0.717) is 17.1 Å². The monoisotopic (exact) mass is 649 g/mol. The van der Waals surface area contributed by atoms with Crippen molar-refractivity contribution in [1.29, 1.82) is 0 Å². The van der Waals surface area contributed by atoms with Gasteiger partial charge in [-0.05, 0) is 89.2 Å². The molecule has 45 heavy (non-hydrogen) atoms. The Labute approximate surface area is 270 Å². The van der Waals surface area contributed by atoms with Crippen LogP contribution < -0.4 is 20.3 Å². The first-order valence-electron chi connectivity index (χ1n) is 15.0. The predicted molar refractivity (Wildman–Crippen MR) is 182 cm³/mol. The molecule has 0 spiro atoms. The van der Waals surface area contributed by atoms with Gasteiger partial charge in [0.15, 0.2) is 15.7 Å². The standard InChI is InChI=1S/C33H40ClN7O3S/c1-21(2)44-29-18-25(24-11-12-31(35-19-24)41-15-13-40(6)14-16-41)23(5)17-28(29)38-33-36-20-26(34)32(39-33)37-27-9-7-8-10-30(27)45(42,43)22(3)4/h7-12,17-22H,13-16H2,1-6H3,(H2,36,37,38,39). The Hall–Kier alpha value is -3.93. The summed E-state index contributed by atoms with van der Waals surface area (Å²) in [6.07, 6.45) is 3.30. The summed E-state index contributed by atoms with van der Waals surface area (Å²) in [5.41, 5.74) is 4.09. The number of halogens is 1. The number of nitrogens with one attached hydrogen (secondary N) is 2. The second-order valence-corrected chi connectivity index (χ2v) is 14.6. The van der Waals surface area contributed by atoms with Crippen LogP contribution in [-0.2, 0) is 9.84 Å². The molecule has 2 aromatic heterocycles. The number of rotatable bonds is 10. The minimum Gasteiger partial charge on any atom is -0.489 e. The Morgan fingerprint density at radius 2 is 1.64 bits per heavy atom. The van der Waals surface area contributed by atoms with Crippen LogP contribution in [0.25, 0.3) is 11.1 Å². The van der Waals surface area contributed by atoms with Gasteiger partial charge in [0, 0.05) is 37.9 Å². The summed E-state index contributed by atoms with van der Waals surface area (Å²) in [6.45, 7) is 13.2. The topological polar surface area (TPSA) is 113 Å². The molecule has 12 heteroatoms. The summed E-state index contributed by atoms with van der Waals surface area (Å²) in [4.78, 5) is 18.6. The highest BCUT2D eigenvalue weighted by Crippen LogP contribution is 2.37. The smallest absolute Gasteiger partial charge is 0.229 e. The lowest BCUT2D eigenvalue weighted by Gasteiger charge is -2.33. The van der Waals surface area contributed by atoms with Crippen molar-refractivity contribution < 1.29 is 13.2 Å². The van der Waals surface area contributed by atoms with E-state index in [1.807, 2.05) is 39.1 Å². The fourth-order valence-electron chi connectivity index (χ4n) is 5.05. The average molecular weight is 650 g/mol. The lowest BCUT2D eigenvalue weighted by atomic mass is 10.0. The molecule has 238 valence electrons. The van der Waals surface area contributed by atoms with Crippen molar-refractivity contribution in [3.63, 3.8) is 0 Å². The van der Waals surface area contributed by atoms with Crippen LogP contribution in [0.4, 0.5) is 29.0 Å². The van der Waals surface area contributed by atoms with Crippen LogP contribution in [0.2, 0.25) is 5.02 Å². The van der Waals surface area contributed by atoms with Gasteiger partial charge in [-0.15, -0.1) is 0 Å². The Balaban J connectivity index is 1.43. The van der Waals surface area contributed by atoms with Gasteiger partial charge >= 0.3 is 0 Å². The average Bonchev–Trinajstić information content (AvgIpc) is 3.00. The highest BCUT2D eigenvalue weighted by molar-refractivity contribution is 7.92. The van der Waals surface area contributed by atoms with Crippen LogP contribution in [0.5, 0.6) is 5.75 Å². The van der Waals surface area contributed by atoms with E-state index in [1.54, 1.807) is 38.1 Å². The largest absolute Gasteiger partial charge is 0.489 e. The minimum absolute atomic E-state index is 0.0818. The number of anilines is 5. The molecule has 0 unspecified atom stereocenters. The van der Waals surface area contributed by atoms with Gasteiger partial charge in [0.25, 0.3) is 0 Å². The molecular weight excluding hydrogens is 610 g/mol. The summed E-state index contributed by atoms with van der Waals surface area (Å²) in [7, 11) is -1.41. The number of likely N-dealkylation sites (N-methyl/N-ethyl adjacent to an activating group) is 1. The Morgan fingerprint density at radius 1 is 0.911 bits per heavy atom. The summed E-state index contributed by atoms with van der Waals surface area (Å²) < 4.78 is 32.2. The van der Waals surface area contributed by atoms with E-state index in [1.165, 1.54) is 6.20 Å². The maximum Gasteiger partial charge on any atom is 0.229 e. The first kappa shape index (κ1) is 32.5. The number of benzene rings is 2. The number of aromatic nitrogens is 3. The SMILES string of the molecule is Cc1cc(Nc2ncc(Cl)c(Nc3ccccc3S(=O)(=O)C(C)C)n2)c(OC(C)C)cc1-c1ccc(N2CCN(C)CC2)nc1. The van der Waals surface area contributed by atoms with Gasteiger partial charge in [0.2, 0.25) is 5.95 Å². The quantitative estimate of drug-likeness (QED) is 0.192. The van der Waals surface area contributed by atoms with Crippen molar-refractivity contribution in [3.8, 4) is 16.9 Å². The van der Waals surface area contributed by atoms with Gasteiger partial charge < -0.3 is 25.2 Å². The molecule has 10 nitrogen and oxygen atoms in total. The van der Waals surface area contributed by atoms with E-state index in [9.17, 15) is 8.42 Å². The zero-order valence-electron chi connectivity index (χ0n) is 26.5. The molecule has 4 aromatic rings. The third kappa shape index (κ3) is 7.49.